The molecule has 162 valence electrons. The minimum Gasteiger partial charge on any atom is -0.486 e. The molecular weight excluding hydrogens is 448 g/mol. The van der Waals surface area contributed by atoms with E-state index in [2.05, 4.69) is 5.32 Å². The molecule has 1 saturated heterocycles. The number of carbonyl (C=O) groups excluding carboxylic acids is 2. The fourth-order valence-corrected chi connectivity index (χ4v) is 5.11. The van der Waals surface area contributed by atoms with E-state index in [1.54, 1.807) is 40.9 Å². The van der Waals surface area contributed by atoms with Gasteiger partial charge in [-0.1, -0.05) is 35.9 Å². The molecule has 5 rings (SSSR count). The Hall–Kier alpha value is -3.16. The maximum absolute atomic E-state index is 12.7. The molecular formula is C24H19ClN2O4S. The lowest BCUT2D eigenvalue weighted by Gasteiger charge is -2.26. The summed E-state index contributed by atoms with van der Waals surface area (Å²) in [5.41, 5.74) is 2.80. The van der Waals surface area contributed by atoms with Crippen molar-refractivity contribution in [2.24, 2.45) is 0 Å². The smallest absolute Gasteiger partial charge is 0.257 e. The second kappa shape index (κ2) is 8.76. The zero-order chi connectivity index (χ0) is 22.1. The number of carbonyl (C=O) groups is 2. The summed E-state index contributed by atoms with van der Waals surface area (Å²) in [7, 11) is 0. The lowest BCUT2D eigenvalue weighted by molar-refractivity contribution is -0.115. The van der Waals surface area contributed by atoms with Gasteiger partial charge in [-0.2, -0.15) is 0 Å². The Balaban J connectivity index is 1.35. The van der Waals surface area contributed by atoms with Gasteiger partial charge in [-0.05, 0) is 42.0 Å². The molecule has 1 unspecified atom stereocenters. The van der Waals surface area contributed by atoms with E-state index >= 15 is 0 Å². The van der Waals surface area contributed by atoms with E-state index in [1.165, 1.54) is 0 Å². The van der Waals surface area contributed by atoms with E-state index in [1.807, 2.05) is 42.5 Å². The van der Waals surface area contributed by atoms with Gasteiger partial charge < -0.3 is 14.8 Å². The molecule has 2 amide bonds. The number of ether oxygens (including phenoxy) is 2. The predicted octanol–water partition coefficient (Wildman–Crippen LogP) is 5.14. The van der Waals surface area contributed by atoms with Crippen molar-refractivity contribution < 1.29 is 19.1 Å². The highest BCUT2D eigenvalue weighted by molar-refractivity contribution is 8.00. The highest BCUT2D eigenvalue weighted by Crippen LogP contribution is 2.44. The van der Waals surface area contributed by atoms with Crippen LogP contribution in [0, 0.1) is 0 Å². The third-order valence-corrected chi connectivity index (χ3v) is 6.79. The van der Waals surface area contributed by atoms with Gasteiger partial charge in [0.25, 0.3) is 5.91 Å². The largest absolute Gasteiger partial charge is 0.486 e. The second-order valence-electron chi connectivity index (χ2n) is 7.31. The van der Waals surface area contributed by atoms with E-state index < -0.39 is 0 Å². The second-order valence-corrected chi connectivity index (χ2v) is 8.79. The van der Waals surface area contributed by atoms with E-state index in [0.717, 1.165) is 11.3 Å². The monoisotopic (exact) mass is 466 g/mol. The standard InChI is InChI=1S/C24H19ClN2O4S/c25-19-4-2-1-3-18(19)23(29)26-16-7-5-15(6-8-16)24-27(22(28)14-32-24)17-9-10-20-21(13-17)31-12-11-30-20/h1-10,13,24H,11-12,14H2,(H,26,29). The number of benzene rings is 3. The van der Waals surface area contributed by atoms with Gasteiger partial charge in [0.1, 0.15) is 18.6 Å². The quantitative estimate of drug-likeness (QED) is 0.576. The highest BCUT2D eigenvalue weighted by Gasteiger charge is 2.34. The molecule has 1 atom stereocenters. The highest BCUT2D eigenvalue weighted by atomic mass is 35.5. The van der Waals surface area contributed by atoms with Gasteiger partial charge in [0.2, 0.25) is 5.91 Å². The van der Waals surface area contributed by atoms with Gasteiger partial charge >= 0.3 is 0 Å². The van der Waals surface area contributed by atoms with Crippen LogP contribution in [0.25, 0.3) is 0 Å². The first-order chi connectivity index (χ1) is 15.6. The molecule has 0 aromatic heterocycles. The summed E-state index contributed by atoms with van der Waals surface area (Å²) in [5, 5.41) is 3.09. The number of fused-ring (bicyclic) bond motifs is 1. The molecule has 1 N–H and O–H groups in total. The molecule has 0 radical (unpaired) electrons. The van der Waals surface area contributed by atoms with Gasteiger partial charge in [0, 0.05) is 17.4 Å². The summed E-state index contributed by atoms with van der Waals surface area (Å²) in [6.07, 6.45) is 0. The average molecular weight is 467 g/mol. The van der Waals surface area contributed by atoms with Crippen molar-refractivity contribution in [1.82, 2.24) is 0 Å². The van der Waals surface area contributed by atoms with Crippen LogP contribution in [-0.2, 0) is 4.79 Å². The molecule has 0 saturated carbocycles. The lowest BCUT2D eigenvalue weighted by Crippen LogP contribution is -2.28. The fraction of sp³-hybridized carbons (Fsp3) is 0.167. The van der Waals surface area contributed by atoms with Gasteiger partial charge in [-0.25, -0.2) is 0 Å². The molecule has 2 aliphatic rings. The summed E-state index contributed by atoms with van der Waals surface area (Å²) in [5.74, 6) is 1.49. The molecule has 2 heterocycles. The minimum atomic E-state index is -0.272. The van der Waals surface area contributed by atoms with Crippen LogP contribution in [0.5, 0.6) is 11.5 Å². The van der Waals surface area contributed by atoms with E-state index in [4.69, 9.17) is 21.1 Å². The van der Waals surface area contributed by atoms with Gasteiger partial charge in [-0.3, -0.25) is 14.5 Å². The number of hydrogen-bond donors (Lipinski definition) is 1. The zero-order valence-electron chi connectivity index (χ0n) is 16.9. The molecule has 2 aliphatic heterocycles. The van der Waals surface area contributed by atoms with Gasteiger partial charge in [-0.15, -0.1) is 11.8 Å². The summed E-state index contributed by atoms with van der Waals surface area (Å²) in [4.78, 5) is 27.0. The lowest BCUT2D eigenvalue weighted by atomic mass is 10.1. The SMILES string of the molecule is O=C(Nc1ccc(C2SCC(=O)N2c2ccc3c(c2)OCCO3)cc1)c1ccccc1Cl. The van der Waals surface area contributed by atoms with Crippen molar-refractivity contribution in [2.75, 3.05) is 29.2 Å². The Morgan fingerprint density at radius 3 is 2.53 bits per heavy atom. The summed E-state index contributed by atoms with van der Waals surface area (Å²) >= 11 is 7.67. The van der Waals surface area contributed by atoms with E-state index in [0.29, 0.717) is 46.7 Å². The minimum absolute atomic E-state index is 0.0350. The van der Waals surface area contributed by atoms with E-state index in [9.17, 15) is 9.59 Å². The summed E-state index contributed by atoms with van der Waals surface area (Å²) < 4.78 is 11.3. The van der Waals surface area contributed by atoms with Crippen molar-refractivity contribution in [3.8, 4) is 11.5 Å². The summed E-state index contributed by atoms with van der Waals surface area (Å²) in [6, 6.07) is 20.0. The van der Waals surface area contributed by atoms with Crippen LogP contribution in [0.4, 0.5) is 11.4 Å². The van der Waals surface area contributed by atoms with Crippen LogP contribution in [0.2, 0.25) is 5.02 Å². The van der Waals surface area contributed by atoms with Crippen molar-refractivity contribution in [3.63, 3.8) is 0 Å². The normalized spacial score (nSPS) is 17.3. The third-order valence-electron chi connectivity index (χ3n) is 5.24. The maximum Gasteiger partial charge on any atom is 0.257 e. The van der Waals surface area contributed by atoms with Crippen LogP contribution in [-0.4, -0.2) is 30.8 Å². The molecule has 3 aromatic rings. The third kappa shape index (κ3) is 4.01. The molecule has 0 aliphatic carbocycles. The summed E-state index contributed by atoms with van der Waals surface area (Å²) in [6.45, 7) is 1.01. The van der Waals surface area contributed by atoms with Crippen LogP contribution in [0.1, 0.15) is 21.3 Å². The van der Waals surface area contributed by atoms with Crippen molar-refractivity contribution in [2.45, 2.75) is 5.37 Å². The molecule has 3 aromatic carbocycles. The molecule has 0 spiro atoms. The van der Waals surface area contributed by atoms with Crippen LogP contribution in [0.3, 0.4) is 0 Å². The molecule has 6 nitrogen and oxygen atoms in total. The Morgan fingerprint density at radius 2 is 1.75 bits per heavy atom. The Bertz CT molecular complexity index is 1180. The Morgan fingerprint density at radius 1 is 1.00 bits per heavy atom. The predicted molar refractivity (Wildman–Crippen MR) is 126 cm³/mol. The molecule has 1 fully saturated rings. The number of rotatable bonds is 4. The van der Waals surface area contributed by atoms with E-state index in [-0.39, 0.29) is 17.2 Å². The first-order valence-corrected chi connectivity index (χ1v) is 11.5. The van der Waals surface area contributed by atoms with Crippen molar-refractivity contribution >= 4 is 46.6 Å². The molecule has 0 bridgehead atoms. The van der Waals surface area contributed by atoms with Crippen LogP contribution in [0.15, 0.2) is 66.7 Å². The fourth-order valence-electron chi connectivity index (χ4n) is 3.71. The Kier molecular flexibility index (Phi) is 5.68. The number of nitrogens with zero attached hydrogens (tertiary/aromatic N) is 1. The maximum atomic E-state index is 12.7. The van der Waals surface area contributed by atoms with Gasteiger partial charge in [0.15, 0.2) is 11.5 Å². The Labute approximate surface area is 194 Å². The number of halogens is 1. The van der Waals surface area contributed by atoms with Crippen molar-refractivity contribution in [1.29, 1.82) is 0 Å². The number of thioether (sulfide) groups is 1. The number of amides is 2. The number of hydrogen-bond acceptors (Lipinski definition) is 5. The van der Waals surface area contributed by atoms with Crippen LogP contribution < -0.4 is 19.7 Å². The topological polar surface area (TPSA) is 67.9 Å². The first-order valence-electron chi connectivity index (χ1n) is 10.1. The number of anilines is 2. The van der Waals surface area contributed by atoms with Gasteiger partial charge in [0.05, 0.1) is 16.3 Å². The average Bonchev–Trinajstić information content (AvgIpc) is 3.20. The first kappa shape index (κ1) is 20.7. The zero-order valence-corrected chi connectivity index (χ0v) is 18.5. The number of nitrogens with one attached hydrogen (secondary N) is 1. The molecule has 8 heteroatoms. The molecule has 32 heavy (non-hydrogen) atoms. The van der Waals surface area contributed by atoms with Crippen molar-refractivity contribution in [3.05, 3.63) is 82.9 Å². The van der Waals surface area contributed by atoms with Crippen LogP contribution >= 0.6 is 23.4 Å².